The number of amides is 1. The first-order chi connectivity index (χ1) is 9.52. The van der Waals surface area contributed by atoms with Gasteiger partial charge in [-0.15, -0.1) is 0 Å². The van der Waals surface area contributed by atoms with Crippen molar-refractivity contribution in [2.75, 3.05) is 25.6 Å². The SMILES string of the molecule is CCOC(=O)CCC(=O)NCc1ccc(N(C)C)cc1. The smallest absolute Gasteiger partial charge is 0.306 e. The highest BCUT2D eigenvalue weighted by molar-refractivity contribution is 5.81. The highest BCUT2D eigenvalue weighted by Crippen LogP contribution is 2.11. The van der Waals surface area contributed by atoms with E-state index >= 15 is 0 Å². The average Bonchev–Trinajstić information content (AvgIpc) is 2.43. The minimum Gasteiger partial charge on any atom is -0.466 e. The molecule has 0 heterocycles. The van der Waals surface area contributed by atoms with Gasteiger partial charge in [-0.05, 0) is 24.6 Å². The van der Waals surface area contributed by atoms with Crippen LogP contribution in [0.15, 0.2) is 24.3 Å². The molecule has 0 fully saturated rings. The van der Waals surface area contributed by atoms with Crippen molar-refractivity contribution in [1.82, 2.24) is 5.32 Å². The maximum Gasteiger partial charge on any atom is 0.306 e. The van der Waals surface area contributed by atoms with Crippen LogP contribution in [0.1, 0.15) is 25.3 Å². The van der Waals surface area contributed by atoms with Gasteiger partial charge in [0.2, 0.25) is 5.91 Å². The van der Waals surface area contributed by atoms with Crippen molar-refractivity contribution in [3.63, 3.8) is 0 Å². The fourth-order valence-electron chi connectivity index (χ4n) is 1.65. The van der Waals surface area contributed by atoms with Gasteiger partial charge in [-0.25, -0.2) is 0 Å². The molecule has 1 rings (SSSR count). The quantitative estimate of drug-likeness (QED) is 0.771. The van der Waals surface area contributed by atoms with Crippen LogP contribution in [0.5, 0.6) is 0 Å². The van der Waals surface area contributed by atoms with Crippen molar-refractivity contribution in [2.24, 2.45) is 0 Å². The molecule has 0 unspecified atom stereocenters. The van der Waals surface area contributed by atoms with E-state index in [1.54, 1.807) is 6.92 Å². The van der Waals surface area contributed by atoms with Crippen LogP contribution >= 0.6 is 0 Å². The molecule has 0 aliphatic heterocycles. The monoisotopic (exact) mass is 278 g/mol. The Hall–Kier alpha value is -2.04. The summed E-state index contributed by atoms with van der Waals surface area (Å²) in [5.41, 5.74) is 2.14. The van der Waals surface area contributed by atoms with E-state index < -0.39 is 0 Å². The third-order valence-electron chi connectivity index (χ3n) is 2.80. The number of esters is 1. The molecule has 0 aromatic heterocycles. The summed E-state index contributed by atoms with van der Waals surface area (Å²) in [6.45, 7) is 2.56. The zero-order valence-electron chi connectivity index (χ0n) is 12.3. The minimum absolute atomic E-state index is 0.124. The average molecular weight is 278 g/mol. The molecule has 0 atom stereocenters. The Labute approximate surface area is 119 Å². The van der Waals surface area contributed by atoms with E-state index in [0.717, 1.165) is 11.3 Å². The fraction of sp³-hybridized carbons (Fsp3) is 0.467. The molecule has 0 radical (unpaired) electrons. The fourth-order valence-corrected chi connectivity index (χ4v) is 1.65. The Balaban J connectivity index is 2.32. The Morgan fingerprint density at radius 3 is 2.35 bits per heavy atom. The Morgan fingerprint density at radius 2 is 1.80 bits per heavy atom. The lowest BCUT2D eigenvalue weighted by atomic mass is 10.2. The Morgan fingerprint density at radius 1 is 1.15 bits per heavy atom. The molecule has 0 bridgehead atoms. The largest absolute Gasteiger partial charge is 0.466 e. The van der Waals surface area contributed by atoms with E-state index in [4.69, 9.17) is 4.74 Å². The number of benzene rings is 1. The van der Waals surface area contributed by atoms with Crippen molar-refractivity contribution in [1.29, 1.82) is 0 Å². The number of ether oxygens (including phenoxy) is 1. The van der Waals surface area contributed by atoms with Crippen LogP contribution in [0.3, 0.4) is 0 Å². The second kappa shape index (κ2) is 8.19. The van der Waals surface area contributed by atoms with E-state index in [0.29, 0.717) is 13.2 Å². The van der Waals surface area contributed by atoms with E-state index in [-0.39, 0.29) is 24.7 Å². The van der Waals surface area contributed by atoms with Crippen molar-refractivity contribution in [3.8, 4) is 0 Å². The predicted octanol–water partition coefficient (Wildman–Crippen LogP) is 1.71. The lowest BCUT2D eigenvalue weighted by Gasteiger charge is -2.12. The number of carbonyl (C=O) groups is 2. The third kappa shape index (κ3) is 5.73. The molecule has 20 heavy (non-hydrogen) atoms. The second-order valence-electron chi connectivity index (χ2n) is 4.64. The molecule has 0 aliphatic carbocycles. The summed E-state index contributed by atoms with van der Waals surface area (Å²) in [6.07, 6.45) is 0.286. The summed E-state index contributed by atoms with van der Waals surface area (Å²) in [5, 5.41) is 2.78. The van der Waals surface area contributed by atoms with Crippen LogP contribution in [0, 0.1) is 0 Å². The van der Waals surface area contributed by atoms with Crippen molar-refractivity contribution >= 4 is 17.6 Å². The summed E-state index contributed by atoms with van der Waals surface area (Å²) < 4.78 is 4.77. The van der Waals surface area contributed by atoms with Crippen LogP contribution < -0.4 is 10.2 Å². The van der Waals surface area contributed by atoms with Gasteiger partial charge in [0.05, 0.1) is 13.0 Å². The maximum absolute atomic E-state index is 11.6. The molecule has 0 spiro atoms. The third-order valence-corrected chi connectivity index (χ3v) is 2.80. The minimum atomic E-state index is -0.335. The number of rotatable bonds is 7. The molecular weight excluding hydrogens is 256 g/mol. The molecule has 0 saturated heterocycles. The van der Waals surface area contributed by atoms with Crippen molar-refractivity contribution < 1.29 is 14.3 Å². The van der Waals surface area contributed by atoms with Crippen LogP contribution in [0.25, 0.3) is 0 Å². The molecular formula is C15H22N2O3. The van der Waals surface area contributed by atoms with Crippen molar-refractivity contribution in [3.05, 3.63) is 29.8 Å². The number of hydrogen-bond acceptors (Lipinski definition) is 4. The molecule has 1 aromatic carbocycles. The Bertz CT molecular complexity index is 441. The molecule has 1 N–H and O–H groups in total. The first kappa shape index (κ1) is 16.0. The summed E-state index contributed by atoms with van der Waals surface area (Å²) in [5.74, 6) is -0.479. The van der Waals surface area contributed by atoms with E-state index in [9.17, 15) is 9.59 Å². The predicted molar refractivity (Wildman–Crippen MR) is 78.5 cm³/mol. The highest BCUT2D eigenvalue weighted by Gasteiger charge is 2.07. The van der Waals surface area contributed by atoms with E-state index in [1.165, 1.54) is 0 Å². The topological polar surface area (TPSA) is 58.6 Å². The zero-order valence-corrected chi connectivity index (χ0v) is 12.3. The molecule has 5 nitrogen and oxygen atoms in total. The van der Waals surface area contributed by atoms with Crippen molar-refractivity contribution in [2.45, 2.75) is 26.3 Å². The van der Waals surface area contributed by atoms with Gasteiger partial charge < -0.3 is 15.0 Å². The summed E-state index contributed by atoms with van der Waals surface area (Å²) >= 11 is 0. The molecule has 0 aliphatic rings. The van der Waals surface area contributed by atoms with Gasteiger partial charge in [0, 0.05) is 32.7 Å². The summed E-state index contributed by atoms with van der Waals surface area (Å²) in [7, 11) is 3.96. The summed E-state index contributed by atoms with van der Waals surface area (Å²) in [6, 6.07) is 7.95. The van der Waals surface area contributed by atoms with Crippen LogP contribution in [-0.2, 0) is 20.9 Å². The molecule has 110 valence electrons. The lowest BCUT2D eigenvalue weighted by Crippen LogP contribution is -2.23. The number of nitrogens with one attached hydrogen (secondary N) is 1. The number of anilines is 1. The van der Waals surface area contributed by atoms with Gasteiger partial charge in [0.25, 0.3) is 0 Å². The van der Waals surface area contributed by atoms with Gasteiger partial charge in [-0.3, -0.25) is 9.59 Å². The van der Waals surface area contributed by atoms with E-state index in [1.807, 2.05) is 43.3 Å². The van der Waals surface area contributed by atoms with Crippen LogP contribution in [0.4, 0.5) is 5.69 Å². The Kier molecular flexibility index (Phi) is 6.56. The molecule has 1 amide bonds. The summed E-state index contributed by atoms with van der Waals surface area (Å²) in [4.78, 5) is 24.7. The second-order valence-corrected chi connectivity index (χ2v) is 4.64. The standard InChI is InChI=1S/C15H22N2O3/c1-4-20-15(19)10-9-14(18)16-11-12-5-7-13(8-6-12)17(2)3/h5-8H,4,9-11H2,1-3H3,(H,16,18). The molecule has 1 aromatic rings. The van der Waals surface area contributed by atoms with Crippen LogP contribution in [0.2, 0.25) is 0 Å². The molecule has 5 heteroatoms. The molecule has 0 saturated carbocycles. The highest BCUT2D eigenvalue weighted by atomic mass is 16.5. The van der Waals surface area contributed by atoms with Gasteiger partial charge in [0.15, 0.2) is 0 Å². The van der Waals surface area contributed by atoms with Crippen LogP contribution in [-0.4, -0.2) is 32.6 Å². The van der Waals surface area contributed by atoms with E-state index in [2.05, 4.69) is 5.32 Å². The first-order valence-electron chi connectivity index (χ1n) is 6.71. The first-order valence-corrected chi connectivity index (χ1v) is 6.71. The van der Waals surface area contributed by atoms with Gasteiger partial charge >= 0.3 is 5.97 Å². The lowest BCUT2D eigenvalue weighted by molar-refractivity contribution is -0.144. The van der Waals surface area contributed by atoms with Gasteiger partial charge in [0.1, 0.15) is 0 Å². The van der Waals surface area contributed by atoms with Gasteiger partial charge in [-0.2, -0.15) is 0 Å². The zero-order chi connectivity index (χ0) is 15.0. The normalized spacial score (nSPS) is 9.95. The number of nitrogens with zero attached hydrogens (tertiary/aromatic N) is 1. The van der Waals surface area contributed by atoms with Gasteiger partial charge in [-0.1, -0.05) is 12.1 Å². The number of carbonyl (C=O) groups excluding carboxylic acids is 2. The number of hydrogen-bond donors (Lipinski definition) is 1. The maximum atomic E-state index is 11.6.